The summed E-state index contributed by atoms with van der Waals surface area (Å²) in [6.45, 7) is 4.60. The van der Waals surface area contributed by atoms with Crippen molar-refractivity contribution in [3.05, 3.63) is 54.1 Å². The third-order valence-corrected chi connectivity index (χ3v) is 5.78. The van der Waals surface area contributed by atoms with Gasteiger partial charge in [-0.25, -0.2) is 0 Å². The second kappa shape index (κ2) is 10.9. The number of hydrogen-bond donors (Lipinski definition) is 1. The van der Waals surface area contributed by atoms with E-state index in [4.69, 9.17) is 9.47 Å². The lowest BCUT2D eigenvalue weighted by Gasteiger charge is -2.38. The Morgan fingerprint density at radius 1 is 1.00 bits per heavy atom. The molecule has 1 aliphatic heterocycles. The molecular formula is C24H35N5O2. The molecular weight excluding hydrogens is 390 g/mol. The minimum absolute atomic E-state index is 0.169. The summed E-state index contributed by atoms with van der Waals surface area (Å²) in [6.07, 6.45) is 0. The van der Waals surface area contributed by atoms with Crippen LogP contribution in [0.4, 0.5) is 5.69 Å². The highest BCUT2D eigenvalue weighted by atomic mass is 16.5. The summed E-state index contributed by atoms with van der Waals surface area (Å²) in [6, 6.07) is 16.9. The Labute approximate surface area is 186 Å². The predicted octanol–water partition coefficient (Wildman–Crippen LogP) is 2.70. The summed E-state index contributed by atoms with van der Waals surface area (Å²) in [4.78, 5) is 11.5. The van der Waals surface area contributed by atoms with Crippen molar-refractivity contribution in [1.29, 1.82) is 0 Å². The number of piperazine rings is 1. The number of hydrogen-bond acceptors (Lipinski definition) is 5. The molecule has 1 N–H and O–H groups in total. The highest BCUT2D eigenvalue weighted by Gasteiger charge is 2.22. The summed E-state index contributed by atoms with van der Waals surface area (Å²) < 4.78 is 10.9. The lowest BCUT2D eigenvalue weighted by atomic mass is 10.1. The first-order valence-corrected chi connectivity index (χ1v) is 10.7. The van der Waals surface area contributed by atoms with Gasteiger partial charge >= 0.3 is 0 Å². The molecule has 1 atom stereocenters. The lowest BCUT2D eigenvalue weighted by molar-refractivity contribution is 0.290. The summed E-state index contributed by atoms with van der Waals surface area (Å²) in [5, 5.41) is 3.58. The molecule has 1 aliphatic rings. The highest BCUT2D eigenvalue weighted by Crippen LogP contribution is 2.31. The molecule has 0 spiro atoms. The van der Waals surface area contributed by atoms with Gasteiger partial charge in [-0.05, 0) is 43.9 Å². The molecule has 7 nitrogen and oxygen atoms in total. The minimum atomic E-state index is 0.169. The summed E-state index contributed by atoms with van der Waals surface area (Å²) in [7, 11) is 9.35. The molecule has 1 heterocycles. The number of benzene rings is 2. The molecule has 2 aromatic carbocycles. The largest absolute Gasteiger partial charge is 0.493 e. The molecule has 0 aromatic heterocycles. The van der Waals surface area contributed by atoms with Crippen LogP contribution in [-0.4, -0.2) is 83.8 Å². The van der Waals surface area contributed by atoms with Crippen molar-refractivity contribution in [3.8, 4) is 11.5 Å². The normalized spacial score (nSPS) is 15.7. The van der Waals surface area contributed by atoms with Crippen LogP contribution in [0.15, 0.2) is 53.5 Å². The zero-order valence-corrected chi connectivity index (χ0v) is 19.3. The number of nitrogens with zero attached hydrogens (tertiary/aromatic N) is 4. The van der Waals surface area contributed by atoms with Crippen LogP contribution in [0, 0.1) is 0 Å². The number of anilines is 1. The molecule has 7 heteroatoms. The van der Waals surface area contributed by atoms with Crippen LogP contribution in [0.1, 0.15) is 11.6 Å². The van der Waals surface area contributed by atoms with Gasteiger partial charge in [-0.15, -0.1) is 0 Å². The molecule has 1 unspecified atom stereocenters. The van der Waals surface area contributed by atoms with Crippen LogP contribution in [0.5, 0.6) is 11.5 Å². The van der Waals surface area contributed by atoms with Crippen molar-refractivity contribution in [2.24, 2.45) is 4.99 Å². The van der Waals surface area contributed by atoms with E-state index in [2.05, 4.69) is 75.5 Å². The van der Waals surface area contributed by atoms with Gasteiger partial charge in [0.2, 0.25) is 0 Å². The number of aliphatic imine (C=N–C) groups is 1. The van der Waals surface area contributed by atoms with E-state index in [1.54, 1.807) is 14.2 Å². The fourth-order valence-corrected chi connectivity index (χ4v) is 3.99. The van der Waals surface area contributed by atoms with Gasteiger partial charge in [-0.3, -0.25) is 4.99 Å². The molecule has 2 aromatic rings. The quantitative estimate of drug-likeness (QED) is 0.544. The molecule has 3 rings (SSSR count). The van der Waals surface area contributed by atoms with Gasteiger partial charge in [-0.1, -0.05) is 24.3 Å². The van der Waals surface area contributed by atoms with Gasteiger partial charge in [0.25, 0.3) is 0 Å². The van der Waals surface area contributed by atoms with Gasteiger partial charge in [0.1, 0.15) is 0 Å². The van der Waals surface area contributed by atoms with Crippen LogP contribution in [0.2, 0.25) is 0 Å². The number of methoxy groups -OCH3 is 2. The minimum Gasteiger partial charge on any atom is -0.493 e. The molecule has 168 valence electrons. The molecule has 31 heavy (non-hydrogen) atoms. The molecule has 0 radical (unpaired) electrons. The maximum absolute atomic E-state index is 5.49. The Bertz CT molecular complexity index is 848. The third-order valence-electron chi connectivity index (χ3n) is 5.78. The number of para-hydroxylation sites is 1. The Hall–Kier alpha value is -2.93. The van der Waals surface area contributed by atoms with Crippen molar-refractivity contribution < 1.29 is 9.47 Å². The van der Waals surface area contributed by atoms with Crippen LogP contribution in [0.3, 0.4) is 0 Å². The smallest absolute Gasteiger partial charge is 0.193 e. The van der Waals surface area contributed by atoms with E-state index in [-0.39, 0.29) is 6.04 Å². The number of rotatable bonds is 7. The molecule has 0 saturated carbocycles. The zero-order chi connectivity index (χ0) is 22.2. The van der Waals surface area contributed by atoms with Crippen molar-refractivity contribution in [2.75, 3.05) is 73.0 Å². The summed E-state index contributed by atoms with van der Waals surface area (Å²) in [5.74, 6) is 2.43. The van der Waals surface area contributed by atoms with Crippen molar-refractivity contribution >= 4 is 11.6 Å². The van der Waals surface area contributed by atoms with Crippen LogP contribution < -0.4 is 19.7 Å². The fourth-order valence-electron chi connectivity index (χ4n) is 3.99. The maximum Gasteiger partial charge on any atom is 0.193 e. The molecule has 0 bridgehead atoms. The molecule has 0 amide bonds. The monoisotopic (exact) mass is 425 g/mol. The van der Waals surface area contributed by atoms with E-state index in [1.165, 1.54) is 11.3 Å². The van der Waals surface area contributed by atoms with Crippen LogP contribution in [-0.2, 0) is 0 Å². The second-order valence-electron chi connectivity index (χ2n) is 7.83. The van der Waals surface area contributed by atoms with E-state index in [9.17, 15) is 0 Å². The average molecular weight is 426 g/mol. The molecule has 0 aliphatic carbocycles. The standard InChI is InChI=1S/C24H35N5O2/c1-25-24(29-15-13-28(14-16-29)20-9-7-6-8-10-20)26-18-21(27(2)3)19-11-12-22(30-4)23(17-19)31-5/h6-12,17,21H,13-16,18H2,1-5H3,(H,25,26). The second-order valence-corrected chi connectivity index (χ2v) is 7.83. The van der Waals surface area contributed by atoms with E-state index in [0.717, 1.165) is 50.2 Å². The van der Waals surface area contributed by atoms with Gasteiger partial charge < -0.3 is 29.5 Å². The Balaban J connectivity index is 1.62. The predicted molar refractivity (Wildman–Crippen MR) is 128 cm³/mol. The van der Waals surface area contributed by atoms with E-state index in [1.807, 2.05) is 19.2 Å². The highest BCUT2D eigenvalue weighted by molar-refractivity contribution is 5.80. The van der Waals surface area contributed by atoms with E-state index >= 15 is 0 Å². The Morgan fingerprint density at radius 3 is 2.26 bits per heavy atom. The van der Waals surface area contributed by atoms with Gasteiger partial charge in [0, 0.05) is 45.5 Å². The molecule has 1 saturated heterocycles. The maximum atomic E-state index is 5.49. The number of guanidine groups is 1. The zero-order valence-electron chi connectivity index (χ0n) is 19.3. The van der Waals surface area contributed by atoms with Crippen LogP contribution in [0.25, 0.3) is 0 Å². The summed E-state index contributed by atoms with van der Waals surface area (Å²) in [5.41, 5.74) is 2.45. The topological polar surface area (TPSA) is 52.6 Å². The molecule has 1 fully saturated rings. The first-order valence-electron chi connectivity index (χ1n) is 10.7. The van der Waals surface area contributed by atoms with Crippen molar-refractivity contribution in [2.45, 2.75) is 6.04 Å². The summed E-state index contributed by atoms with van der Waals surface area (Å²) >= 11 is 0. The number of nitrogens with one attached hydrogen (secondary N) is 1. The van der Waals surface area contributed by atoms with E-state index in [0.29, 0.717) is 0 Å². The van der Waals surface area contributed by atoms with Gasteiger partial charge in [-0.2, -0.15) is 0 Å². The van der Waals surface area contributed by atoms with Crippen LogP contribution >= 0.6 is 0 Å². The Kier molecular flexibility index (Phi) is 8.00. The van der Waals surface area contributed by atoms with Crippen molar-refractivity contribution in [3.63, 3.8) is 0 Å². The first kappa shape index (κ1) is 22.7. The number of likely N-dealkylation sites (N-methyl/N-ethyl adjacent to an activating group) is 1. The van der Waals surface area contributed by atoms with E-state index < -0.39 is 0 Å². The SMILES string of the molecule is CN=C(NCC(c1ccc(OC)c(OC)c1)N(C)C)N1CCN(c2ccccc2)CC1. The van der Waals surface area contributed by atoms with Crippen molar-refractivity contribution in [1.82, 2.24) is 15.1 Å². The average Bonchev–Trinajstić information content (AvgIpc) is 2.82. The van der Waals surface area contributed by atoms with Gasteiger partial charge in [0.05, 0.1) is 20.3 Å². The van der Waals surface area contributed by atoms with Gasteiger partial charge in [0.15, 0.2) is 17.5 Å². The Morgan fingerprint density at radius 2 is 1.68 bits per heavy atom. The first-order chi connectivity index (χ1) is 15.1. The fraction of sp³-hybridized carbons (Fsp3) is 0.458. The number of ether oxygens (including phenoxy) is 2. The third kappa shape index (κ3) is 5.61. The lowest BCUT2D eigenvalue weighted by Crippen LogP contribution is -2.53.